The van der Waals surface area contributed by atoms with Crippen LogP contribution in [0.1, 0.15) is 43.2 Å². The topological polar surface area (TPSA) is 12.0 Å². The third kappa shape index (κ3) is 3.64. The predicted octanol–water partition coefficient (Wildman–Crippen LogP) is 3.66. The first-order valence-electron chi connectivity index (χ1n) is 6.61. The van der Waals surface area contributed by atoms with Crippen LogP contribution in [0.5, 0.6) is 0 Å². The van der Waals surface area contributed by atoms with Crippen LogP contribution in [0.15, 0.2) is 24.3 Å². The molecule has 0 atom stereocenters. The van der Waals surface area contributed by atoms with Crippen molar-refractivity contribution in [3.05, 3.63) is 35.4 Å². The van der Waals surface area contributed by atoms with Gasteiger partial charge in [-0.2, -0.15) is 0 Å². The van der Waals surface area contributed by atoms with Crippen LogP contribution in [0.2, 0.25) is 0 Å². The van der Waals surface area contributed by atoms with Crippen LogP contribution in [0.25, 0.3) is 0 Å². The van der Waals surface area contributed by atoms with E-state index in [1.807, 2.05) is 0 Å². The van der Waals surface area contributed by atoms with Gasteiger partial charge >= 0.3 is 0 Å². The second-order valence-electron chi connectivity index (χ2n) is 5.10. The third-order valence-electron chi connectivity index (χ3n) is 3.62. The Morgan fingerprint density at radius 2 is 2.06 bits per heavy atom. The van der Waals surface area contributed by atoms with E-state index in [-0.39, 0.29) is 0 Å². The van der Waals surface area contributed by atoms with Crippen molar-refractivity contribution in [1.29, 1.82) is 0 Å². The summed E-state index contributed by atoms with van der Waals surface area (Å²) in [4.78, 5) is 0. The number of nitrogens with one attached hydrogen (secondary N) is 1. The van der Waals surface area contributed by atoms with Crippen LogP contribution in [0.4, 0.5) is 0 Å². The molecule has 0 amide bonds. The van der Waals surface area contributed by atoms with Crippen LogP contribution in [0.3, 0.4) is 0 Å². The maximum atomic E-state index is 3.56. The summed E-state index contributed by atoms with van der Waals surface area (Å²) in [5.41, 5.74) is 2.77. The Morgan fingerprint density at radius 3 is 2.81 bits per heavy atom. The van der Waals surface area contributed by atoms with E-state index in [4.69, 9.17) is 0 Å². The molecule has 1 fully saturated rings. The van der Waals surface area contributed by atoms with Crippen molar-refractivity contribution in [3.63, 3.8) is 0 Å². The monoisotopic (exact) mass is 217 g/mol. The minimum absolute atomic E-state index is 1.00. The fourth-order valence-corrected chi connectivity index (χ4v) is 2.66. The first kappa shape index (κ1) is 11.7. The highest BCUT2D eigenvalue weighted by molar-refractivity contribution is 5.21. The molecule has 1 heteroatoms. The molecule has 0 bridgehead atoms. The lowest BCUT2D eigenvalue weighted by Gasteiger charge is -2.10. The standard InChI is InChI=1S/C15H23N/c1-13-5-4-8-15(11-13)12-16-10-9-14-6-2-3-7-14/h4-5,8,11,14,16H,2-3,6-7,9-10,12H2,1H3. The van der Waals surface area contributed by atoms with Crippen LogP contribution in [-0.2, 0) is 6.54 Å². The normalized spacial score (nSPS) is 16.8. The van der Waals surface area contributed by atoms with Crippen molar-refractivity contribution >= 4 is 0 Å². The summed E-state index contributed by atoms with van der Waals surface area (Å²) >= 11 is 0. The Kier molecular flexibility index (Phi) is 4.41. The molecule has 1 aliphatic carbocycles. The molecule has 0 radical (unpaired) electrons. The summed E-state index contributed by atoms with van der Waals surface area (Å²) in [7, 11) is 0. The van der Waals surface area contributed by atoms with E-state index < -0.39 is 0 Å². The first-order valence-corrected chi connectivity index (χ1v) is 6.61. The van der Waals surface area contributed by atoms with Gasteiger partial charge in [0.15, 0.2) is 0 Å². The Balaban J connectivity index is 1.64. The van der Waals surface area contributed by atoms with Gasteiger partial charge in [0.1, 0.15) is 0 Å². The highest BCUT2D eigenvalue weighted by Gasteiger charge is 2.13. The zero-order chi connectivity index (χ0) is 11.2. The van der Waals surface area contributed by atoms with E-state index in [0.29, 0.717) is 0 Å². The van der Waals surface area contributed by atoms with Crippen molar-refractivity contribution in [1.82, 2.24) is 5.32 Å². The minimum Gasteiger partial charge on any atom is -0.313 e. The minimum atomic E-state index is 1.00. The smallest absolute Gasteiger partial charge is 0.0205 e. The van der Waals surface area contributed by atoms with Crippen LogP contribution in [-0.4, -0.2) is 6.54 Å². The summed E-state index contributed by atoms with van der Waals surface area (Å²) in [5, 5.41) is 3.56. The second-order valence-corrected chi connectivity index (χ2v) is 5.10. The number of hydrogen-bond acceptors (Lipinski definition) is 1. The lowest BCUT2D eigenvalue weighted by atomic mass is 10.0. The summed E-state index contributed by atoms with van der Waals surface area (Å²) < 4.78 is 0. The molecule has 1 nitrogen and oxygen atoms in total. The average Bonchev–Trinajstić information content (AvgIpc) is 2.77. The first-order chi connectivity index (χ1) is 7.84. The summed E-state index contributed by atoms with van der Waals surface area (Å²) in [6, 6.07) is 8.77. The average molecular weight is 217 g/mol. The maximum absolute atomic E-state index is 3.56. The van der Waals surface area contributed by atoms with Crippen molar-refractivity contribution in [2.45, 2.75) is 45.6 Å². The summed E-state index contributed by atoms with van der Waals surface area (Å²) in [6.07, 6.45) is 7.22. The summed E-state index contributed by atoms with van der Waals surface area (Å²) in [5.74, 6) is 1.00. The van der Waals surface area contributed by atoms with Gasteiger partial charge in [0.25, 0.3) is 0 Å². The van der Waals surface area contributed by atoms with E-state index in [0.717, 1.165) is 12.5 Å². The zero-order valence-corrected chi connectivity index (χ0v) is 10.3. The molecule has 0 spiro atoms. The molecule has 1 aromatic carbocycles. The van der Waals surface area contributed by atoms with Crippen molar-refractivity contribution in [3.8, 4) is 0 Å². The molecule has 0 aliphatic heterocycles. The molecule has 0 heterocycles. The molecule has 0 aromatic heterocycles. The Morgan fingerprint density at radius 1 is 1.25 bits per heavy atom. The van der Waals surface area contributed by atoms with Gasteiger partial charge in [-0.3, -0.25) is 0 Å². The molecule has 1 N–H and O–H groups in total. The molecule has 2 rings (SSSR count). The number of rotatable bonds is 5. The molecule has 88 valence electrons. The third-order valence-corrected chi connectivity index (χ3v) is 3.62. The van der Waals surface area contributed by atoms with Gasteiger partial charge < -0.3 is 5.32 Å². The Hall–Kier alpha value is -0.820. The van der Waals surface area contributed by atoms with E-state index in [2.05, 4.69) is 36.5 Å². The van der Waals surface area contributed by atoms with Gasteiger partial charge in [-0.25, -0.2) is 0 Å². The van der Waals surface area contributed by atoms with Gasteiger partial charge in [0, 0.05) is 6.54 Å². The van der Waals surface area contributed by atoms with Crippen LogP contribution in [0, 0.1) is 12.8 Å². The van der Waals surface area contributed by atoms with E-state index in [1.54, 1.807) is 0 Å². The lowest BCUT2D eigenvalue weighted by Crippen LogP contribution is -2.17. The molecule has 1 aliphatic rings. The molecule has 1 aromatic rings. The molecule has 0 unspecified atom stereocenters. The largest absolute Gasteiger partial charge is 0.313 e. The SMILES string of the molecule is Cc1cccc(CNCCC2CCCC2)c1. The molecular weight excluding hydrogens is 194 g/mol. The number of hydrogen-bond donors (Lipinski definition) is 1. The van der Waals surface area contributed by atoms with Crippen molar-refractivity contribution < 1.29 is 0 Å². The van der Waals surface area contributed by atoms with Crippen LogP contribution < -0.4 is 5.32 Å². The van der Waals surface area contributed by atoms with Crippen LogP contribution >= 0.6 is 0 Å². The number of benzene rings is 1. The maximum Gasteiger partial charge on any atom is 0.0205 e. The van der Waals surface area contributed by atoms with Gasteiger partial charge in [-0.15, -0.1) is 0 Å². The van der Waals surface area contributed by atoms with Gasteiger partial charge in [0.05, 0.1) is 0 Å². The summed E-state index contributed by atoms with van der Waals surface area (Å²) in [6.45, 7) is 4.36. The van der Waals surface area contributed by atoms with E-state index >= 15 is 0 Å². The zero-order valence-electron chi connectivity index (χ0n) is 10.3. The fourth-order valence-electron chi connectivity index (χ4n) is 2.66. The molecular formula is C15H23N. The van der Waals surface area contributed by atoms with E-state index in [9.17, 15) is 0 Å². The van der Waals surface area contributed by atoms with Gasteiger partial charge in [-0.1, -0.05) is 55.5 Å². The second kappa shape index (κ2) is 6.05. The Bertz CT molecular complexity index is 313. The quantitative estimate of drug-likeness (QED) is 0.742. The number of aryl methyl sites for hydroxylation is 1. The highest BCUT2D eigenvalue weighted by atomic mass is 14.8. The van der Waals surface area contributed by atoms with E-state index in [1.165, 1.54) is 49.8 Å². The lowest BCUT2D eigenvalue weighted by molar-refractivity contribution is 0.477. The molecule has 0 saturated heterocycles. The fraction of sp³-hybridized carbons (Fsp3) is 0.600. The van der Waals surface area contributed by atoms with Gasteiger partial charge in [-0.05, 0) is 31.4 Å². The Labute approximate surface area is 99.3 Å². The highest BCUT2D eigenvalue weighted by Crippen LogP contribution is 2.26. The molecule has 16 heavy (non-hydrogen) atoms. The van der Waals surface area contributed by atoms with Gasteiger partial charge in [0.2, 0.25) is 0 Å². The molecule has 1 saturated carbocycles. The van der Waals surface area contributed by atoms with Crippen molar-refractivity contribution in [2.75, 3.05) is 6.54 Å². The van der Waals surface area contributed by atoms with Crippen molar-refractivity contribution in [2.24, 2.45) is 5.92 Å². The predicted molar refractivity (Wildman–Crippen MR) is 69.5 cm³/mol.